The highest BCUT2D eigenvalue weighted by Gasteiger charge is 2.23. The average molecular weight is 393 g/mol. The van der Waals surface area contributed by atoms with Crippen molar-refractivity contribution in [3.05, 3.63) is 71.3 Å². The van der Waals surface area contributed by atoms with Crippen LogP contribution in [0.1, 0.15) is 50.3 Å². The van der Waals surface area contributed by atoms with Gasteiger partial charge in [-0.15, -0.1) is 0 Å². The highest BCUT2D eigenvalue weighted by Crippen LogP contribution is 2.22. The molecule has 0 N–H and O–H groups in total. The molecule has 0 spiro atoms. The maximum atomic E-state index is 12.4. The van der Waals surface area contributed by atoms with Gasteiger partial charge in [-0.2, -0.15) is 0 Å². The standard InChI is InChI=1S/C25H32N2O2/c1-25(2,3)23-11-9-22(10-12-23)18-26-29-19-24(28)27-15-13-21(14-16-27)17-20-7-5-4-6-8-20/h4-12,18,21H,13-17,19H2,1-3H3/b26-18+. The number of likely N-dealkylation sites (tertiary alicyclic amines) is 1. The number of hydrogen-bond acceptors (Lipinski definition) is 3. The SMILES string of the molecule is CC(C)(C)c1ccc(/C=N/OCC(=O)N2CCC(Cc3ccccc3)CC2)cc1. The first-order chi connectivity index (χ1) is 13.9. The van der Waals surface area contributed by atoms with E-state index in [1.165, 1.54) is 11.1 Å². The minimum Gasteiger partial charge on any atom is -0.386 e. The fourth-order valence-corrected chi connectivity index (χ4v) is 3.69. The van der Waals surface area contributed by atoms with E-state index in [1.807, 2.05) is 23.1 Å². The van der Waals surface area contributed by atoms with Crippen LogP contribution in [0.4, 0.5) is 0 Å². The van der Waals surface area contributed by atoms with Crippen LogP contribution in [0.3, 0.4) is 0 Å². The summed E-state index contributed by atoms with van der Waals surface area (Å²) in [6.45, 7) is 8.18. The molecule has 0 unspecified atom stereocenters. The molecule has 2 aromatic rings. The van der Waals surface area contributed by atoms with E-state index < -0.39 is 0 Å². The van der Waals surface area contributed by atoms with Gasteiger partial charge in [0.25, 0.3) is 5.91 Å². The van der Waals surface area contributed by atoms with Gasteiger partial charge < -0.3 is 9.74 Å². The predicted octanol–water partition coefficient (Wildman–Crippen LogP) is 4.82. The molecular formula is C25H32N2O2. The van der Waals surface area contributed by atoms with Crippen molar-refractivity contribution in [3.8, 4) is 0 Å². The summed E-state index contributed by atoms with van der Waals surface area (Å²) in [5.41, 5.74) is 3.76. The number of benzene rings is 2. The van der Waals surface area contributed by atoms with E-state index in [2.05, 4.69) is 62.3 Å². The first-order valence-electron chi connectivity index (χ1n) is 10.5. The lowest BCUT2D eigenvalue weighted by Crippen LogP contribution is -2.40. The summed E-state index contributed by atoms with van der Waals surface area (Å²) in [5.74, 6) is 0.667. The Hall–Kier alpha value is -2.62. The molecule has 1 aliphatic heterocycles. The fraction of sp³-hybridized carbons (Fsp3) is 0.440. The Morgan fingerprint density at radius 2 is 1.72 bits per heavy atom. The van der Waals surface area contributed by atoms with Gasteiger partial charge >= 0.3 is 0 Å². The summed E-state index contributed by atoms with van der Waals surface area (Å²) in [6.07, 6.45) is 4.84. The number of carbonyl (C=O) groups excluding carboxylic acids is 1. The van der Waals surface area contributed by atoms with E-state index in [0.717, 1.165) is 37.9 Å². The second-order valence-electron chi connectivity index (χ2n) is 8.89. The van der Waals surface area contributed by atoms with Gasteiger partial charge in [0.2, 0.25) is 0 Å². The van der Waals surface area contributed by atoms with Crippen LogP contribution in [0.25, 0.3) is 0 Å². The number of nitrogens with zero attached hydrogens (tertiary/aromatic N) is 2. The van der Waals surface area contributed by atoms with Crippen molar-refractivity contribution < 1.29 is 9.63 Å². The van der Waals surface area contributed by atoms with Crippen LogP contribution < -0.4 is 0 Å². The Morgan fingerprint density at radius 1 is 1.07 bits per heavy atom. The molecule has 29 heavy (non-hydrogen) atoms. The second-order valence-corrected chi connectivity index (χ2v) is 8.89. The Morgan fingerprint density at radius 3 is 2.34 bits per heavy atom. The first kappa shape index (κ1) is 21.1. The third-order valence-electron chi connectivity index (χ3n) is 5.58. The molecule has 1 aliphatic rings. The third kappa shape index (κ3) is 6.45. The van der Waals surface area contributed by atoms with Crippen molar-refractivity contribution in [2.45, 2.75) is 45.4 Å². The molecular weight excluding hydrogens is 360 g/mol. The van der Waals surface area contributed by atoms with E-state index >= 15 is 0 Å². The van der Waals surface area contributed by atoms with Gasteiger partial charge in [0.15, 0.2) is 6.61 Å². The molecule has 4 nitrogen and oxygen atoms in total. The summed E-state index contributed by atoms with van der Waals surface area (Å²) in [5, 5.41) is 3.97. The molecule has 1 saturated heterocycles. The zero-order valence-electron chi connectivity index (χ0n) is 17.8. The van der Waals surface area contributed by atoms with Crippen molar-refractivity contribution >= 4 is 12.1 Å². The molecule has 1 amide bonds. The largest absolute Gasteiger partial charge is 0.386 e. The Bertz CT molecular complexity index is 799. The number of piperidine rings is 1. The lowest BCUT2D eigenvalue weighted by atomic mass is 9.87. The van der Waals surface area contributed by atoms with Crippen molar-refractivity contribution in [3.63, 3.8) is 0 Å². The van der Waals surface area contributed by atoms with E-state index in [4.69, 9.17) is 4.84 Å². The van der Waals surface area contributed by atoms with Crippen molar-refractivity contribution in [2.24, 2.45) is 11.1 Å². The maximum Gasteiger partial charge on any atom is 0.263 e. The summed E-state index contributed by atoms with van der Waals surface area (Å²) in [6, 6.07) is 18.8. The van der Waals surface area contributed by atoms with E-state index in [0.29, 0.717) is 5.92 Å². The lowest BCUT2D eigenvalue weighted by molar-refractivity contribution is -0.137. The zero-order valence-corrected chi connectivity index (χ0v) is 17.8. The molecule has 0 bridgehead atoms. The van der Waals surface area contributed by atoms with Crippen LogP contribution in [0, 0.1) is 5.92 Å². The summed E-state index contributed by atoms with van der Waals surface area (Å²) < 4.78 is 0. The van der Waals surface area contributed by atoms with Crippen LogP contribution in [0.15, 0.2) is 59.8 Å². The van der Waals surface area contributed by atoms with E-state index in [-0.39, 0.29) is 17.9 Å². The zero-order chi connectivity index (χ0) is 20.7. The lowest BCUT2D eigenvalue weighted by Gasteiger charge is -2.31. The van der Waals surface area contributed by atoms with Crippen molar-refractivity contribution in [2.75, 3.05) is 19.7 Å². The molecule has 0 aromatic heterocycles. The summed E-state index contributed by atoms with van der Waals surface area (Å²) in [4.78, 5) is 19.5. The van der Waals surface area contributed by atoms with Crippen LogP contribution in [-0.2, 0) is 21.5 Å². The molecule has 154 valence electrons. The molecule has 4 heteroatoms. The minimum absolute atomic E-state index is 0.0000728. The smallest absolute Gasteiger partial charge is 0.263 e. The fourth-order valence-electron chi connectivity index (χ4n) is 3.69. The van der Waals surface area contributed by atoms with Gasteiger partial charge in [0, 0.05) is 13.1 Å². The van der Waals surface area contributed by atoms with Gasteiger partial charge in [-0.3, -0.25) is 4.79 Å². The summed E-state index contributed by atoms with van der Waals surface area (Å²) in [7, 11) is 0. The number of rotatable bonds is 6. The van der Waals surface area contributed by atoms with Crippen LogP contribution in [0.2, 0.25) is 0 Å². The minimum atomic E-state index is -0.0000728. The maximum absolute atomic E-state index is 12.4. The quantitative estimate of drug-likeness (QED) is 0.523. The van der Waals surface area contributed by atoms with Gasteiger partial charge in [-0.05, 0) is 47.3 Å². The van der Waals surface area contributed by atoms with Crippen molar-refractivity contribution in [1.82, 2.24) is 4.90 Å². The average Bonchev–Trinajstić information content (AvgIpc) is 2.72. The monoisotopic (exact) mass is 392 g/mol. The molecule has 1 heterocycles. The van der Waals surface area contributed by atoms with Crippen LogP contribution >= 0.6 is 0 Å². The third-order valence-corrected chi connectivity index (χ3v) is 5.58. The van der Waals surface area contributed by atoms with Crippen LogP contribution in [0.5, 0.6) is 0 Å². The highest BCUT2D eigenvalue weighted by molar-refractivity contribution is 5.80. The normalized spacial score (nSPS) is 15.6. The molecule has 0 radical (unpaired) electrons. The van der Waals surface area contributed by atoms with Crippen LogP contribution in [-0.4, -0.2) is 36.7 Å². The molecule has 0 atom stereocenters. The summed E-state index contributed by atoms with van der Waals surface area (Å²) >= 11 is 0. The predicted molar refractivity (Wildman–Crippen MR) is 118 cm³/mol. The Labute approximate surface area is 174 Å². The van der Waals surface area contributed by atoms with E-state index in [9.17, 15) is 4.79 Å². The Balaban J connectivity index is 1.38. The van der Waals surface area contributed by atoms with Gasteiger partial charge in [0.05, 0.1) is 6.21 Å². The van der Waals surface area contributed by atoms with E-state index in [1.54, 1.807) is 6.21 Å². The number of hydrogen-bond donors (Lipinski definition) is 0. The molecule has 0 saturated carbocycles. The van der Waals surface area contributed by atoms with Gasteiger partial charge in [-0.1, -0.05) is 80.5 Å². The first-order valence-corrected chi connectivity index (χ1v) is 10.5. The Kier molecular flexibility index (Phi) is 7.08. The van der Waals surface area contributed by atoms with Gasteiger partial charge in [0.1, 0.15) is 0 Å². The molecule has 3 rings (SSSR count). The second kappa shape index (κ2) is 9.73. The molecule has 1 fully saturated rings. The highest BCUT2D eigenvalue weighted by atomic mass is 16.6. The number of amides is 1. The topological polar surface area (TPSA) is 41.9 Å². The molecule has 0 aliphatic carbocycles. The number of oxime groups is 1. The molecule has 2 aromatic carbocycles. The van der Waals surface area contributed by atoms with Gasteiger partial charge in [-0.25, -0.2) is 0 Å². The van der Waals surface area contributed by atoms with Crippen molar-refractivity contribution in [1.29, 1.82) is 0 Å². The number of carbonyl (C=O) groups is 1.